The normalized spacial score (nSPS) is 10.4. The Kier molecular flexibility index (Phi) is 62.6. The molecule has 23 heteroatoms. The smallest absolute Gasteiger partial charge is 0.497 e. The Morgan fingerprint density at radius 2 is 1.20 bits per heavy atom. The molecule has 1 atom stereocenters. The van der Waals surface area contributed by atoms with Crippen LogP contribution in [-0.2, 0) is 79.2 Å². The van der Waals surface area contributed by atoms with Crippen molar-refractivity contribution in [2.24, 2.45) is 5.10 Å². The molecule has 3 aromatic carbocycles. The number of ether oxygens (including phenoxy) is 3. The van der Waals surface area contributed by atoms with E-state index in [1.165, 1.54) is 33.1 Å². The number of amides is 1. The van der Waals surface area contributed by atoms with Crippen LogP contribution in [0.4, 0.5) is 0 Å². The first kappa shape index (κ1) is 99.2. The Balaban J connectivity index is -0.000000139. The summed E-state index contributed by atoms with van der Waals surface area (Å²) in [5, 5.41) is 15.4. The molecule has 0 saturated carbocycles. The van der Waals surface area contributed by atoms with E-state index in [0.717, 1.165) is 53.1 Å². The molecule has 1 N–H and O–H groups in total. The Morgan fingerprint density at radius 1 is 0.707 bits per heavy atom. The van der Waals surface area contributed by atoms with E-state index in [9.17, 15) is 18.7 Å². The fourth-order valence-corrected chi connectivity index (χ4v) is 9.34. The molecule has 1 heterocycles. The maximum Gasteiger partial charge on any atom is 0.540 e. The average molecular weight is 1240 g/mol. The van der Waals surface area contributed by atoms with Crippen LogP contribution in [0.5, 0.6) is 17.2 Å². The molecule has 1 amide bonds. The molecule has 0 bridgehead atoms. The van der Waals surface area contributed by atoms with Crippen LogP contribution in [0.25, 0.3) is 0 Å². The summed E-state index contributed by atoms with van der Waals surface area (Å²) in [5.41, 5.74) is 3.37. The second kappa shape index (κ2) is 51.7. The van der Waals surface area contributed by atoms with E-state index in [-0.39, 0.29) is 120 Å². The van der Waals surface area contributed by atoms with Crippen molar-refractivity contribution in [2.45, 2.75) is 167 Å². The zero-order chi connectivity index (χ0) is 51.6. The molecule has 1 unspecified atom stereocenters. The maximum absolute atomic E-state index is 12.7. The van der Waals surface area contributed by atoms with Gasteiger partial charge in [0.15, 0.2) is 5.75 Å². The number of nitrogens with zero attached hydrogens (tertiary/aromatic N) is 6. The molecule has 0 radical (unpaired) electrons. The number of benzene rings is 3. The zero-order valence-corrected chi connectivity index (χ0v) is 45.3. The number of aryl methyl sites for hydroxylation is 1. The number of methoxy groups -OCH3 is 1. The number of nitrogens with one attached hydrogen (secondary N) is 1. The van der Waals surface area contributed by atoms with Gasteiger partial charge >= 0.3 is 28.2 Å². The number of rotatable bonds is 29. The van der Waals surface area contributed by atoms with E-state index in [4.69, 9.17) is 48.6 Å². The van der Waals surface area contributed by atoms with Crippen molar-refractivity contribution in [3.63, 3.8) is 0 Å². The first-order valence-electron chi connectivity index (χ1n) is 22.4. The summed E-state index contributed by atoms with van der Waals surface area (Å²) in [7, 11) is 0.422. The average Bonchev–Trinajstić information content (AvgIpc) is 3.80. The summed E-state index contributed by atoms with van der Waals surface area (Å²) < 4.78 is 70.5. The summed E-state index contributed by atoms with van der Waals surface area (Å²) in [6, 6.07) is 22.8. The predicted molar refractivity (Wildman–Crippen MR) is 356 cm³/mol. The van der Waals surface area contributed by atoms with Gasteiger partial charge in [0, 0.05) is 54.1 Å². The van der Waals surface area contributed by atoms with Gasteiger partial charge in [-0.25, -0.2) is 4.68 Å². The summed E-state index contributed by atoms with van der Waals surface area (Å²) in [6.45, 7) is 8.55. The lowest BCUT2D eigenvalue weighted by Gasteiger charge is -2.27. The van der Waals surface area contributed by atoms with Crippen molar-refractivity contribution in [3.05, 3.63) is 114 Å². The van der Waals surface area contributed by atoms with E-state index < -0.39 is 27.9 Å². The number of hydrogen-bond acceptors (Lipinski definition) is 17. The lowest BCUT2D eigenvalue weighted by atomic mass is 10.1. The molecule has 480 valence electrons. The summed E-state index contributed by atoms with van der Waals surface area (Å²) >= 11 is 5.49. The minimum Gasteiger partial charge on any atom is -0.497 e. The van der Waals surface area contributed by atoms with Crippen molar-refractivity contribution >= 4 is 52.2 Å². The second-order valence-electron chi connectivity index (χ2n) is 16.4. The minimum absolute atomic E-state index is 0. The molecule has 1 aromatic heterocycles. The number of aromatic nitrogens is 3. The van der Waals surface area contributed by atoms with Crippen LogP contribution in [0.1, 0.15) is 158 Å². The highest BCUT2D eigenvalue weighted by Crippen LogP contribution is 2.51. The Labute approximate surface area is 507 Å². The number of hydrogen-bond donors (Lipinski definition) is 1. The molecule has 82 heavy (non-hydrogen) atoms. The molecular formula is C59H117N7O12P3S+. The Hall–Kier alpha value is -4.87. The highest BCUT2D eigenvalue weighted by molar-refractivity contribution is 8.02. The zero-order valence-electron chi connectivity index (χ0n) is 41.8. The highest BCUT2D eigenvalue weighted by atomic mass is 32.4. The van der Waals surface area contributed by atoms with E-state index in [2.05, 4.69) is 20.7 Å². The van der Waals surface area contributed by atoms with Crippen LogP contribution >= 0.6 is 22.3 Å². The van der Waals surface area contributed by atoms with Gasteiger partial charge in [0.2, 0.25) is 17.7 Å². The second-order valence-corrected chi connectivity index (χ2v) is 23.0. The Morgan fingerprint density at radius 3 is 1.67 bits per heavy atom. The van der Waals surface area contributed by atoms with Gasteiger partial charge in [-0.1, -0.05) is 129 Å². The third kappa shape index (κ3) is 39.6. The highest BCUT2D eigenvalue weighted by Gasteiger charge is 2.32. The molecule has 0 saturated heterocycles. The molecule has 4 rings (SSSR count). The molecule has 0 aliphatic heterocycles. The first-order valence-corrected chi connectivity index (χ1v) is 28.1. The predicted octanol–water partition coefficient (Wildman–Crippen LogP) is 16.8. The van der Waals surface area contributed by atoms with Crippen LogP contribution in [0, 0.1) is 0 Å². The number of carbonyl (C=O) groups excluding carboxylic acids is 2. The molecular weight excluding hydrogens is 1120 g/mol. The molecule has 0 aliphatic carbocycles. The van der Waals surface area contributed by atoms with Gasteiger partial charge in [-0.15, -0.1) is 10.2 Å². The number of hydrazone groups is 1. The van der Waals surface area contributed by atoms with Crippen molar-refractivity contribution < 1.29 is 55.5 Å². The van der Waals surface area contributed by atoms with Gasteiger partial charge in [-0.2, -0.15) is 0 Å². The van der Waals surface area contributed by atoms with Gasteiger partial charge < -0.3 is 37.6 Å². The molecule has 19 nitrogen and oxygen atoms in total. The number of allylic oxidation sites excluding steroid dienone is 1. The van der Waals surface area contributed by atoms with Crippen molar-refractivity contribution in [1.29, 1.82) is 0 Å². The first-order chi connectivity index (χ1) is 33.3. The number of esters is 1. The molecule has 0 aliphatic rings. The monoisotopic (exact) mass is 1240 g/mol. The summed E-state index contributed by atoms with van der Waals surface area (Å²) in [4.78, 5) is 25.6. The third-order valence-corrected chi connectivity index (χ3v) is 15.4. The largest absolute Gasteiger partial charge is 0.540 e. The summed E-state index contributed by atoms with van der Waals surface area (Å²) in [6.07, 6.45) is 10.7. The minimum atomic E-state index is -3.39. The fourth-order valence-electron chi connectivity index (χ4n) is 6.02. The summed E-state index contributed by atoms with van der Waals surface area (Å²) in [5.74, 6) is 1.87. The molecule has 4 aromatic rings. The lowest BCUT2D eigenvalue weighted by Crippen LogP contribution is -2.29. The SMILES string of the molecule is C.C.C.C.C.C.C.C.C.C.C.C.CC=COc1ccc(CCNC(=O)Cn2cc(CCCCC(=O)OC(C)(C)C)nn2)cc1.COc1ccc(/C=N/N(C)[P+](=S)Oc2ccc(CCN(CP(=O)(OC)OC)CP(=O)(OC)OC)cc2)cc1. The van der Waals surface area contributed by atoms with Crippen molar-refractivity contribution in [3.8, 4) is 17.2 Å². The van der Waals surface area contributed by atoms with Gasteiger partial charge in [0.1, 0.15) is 36.2 Å². The fraction of sp³-hybridized carbons (Fsp3) is 0.576. The number of unbranched alkanes of at least 4 members (excludes halogenated alkanes) is 1. The van der Waals surface area contributed by atoms with Crippen LogP contribution in [0.3, 0.4) is 0 Å². The molecule has 0 fully saturated rings. The number of carbonyl (C=O) groups is 2. The lowest BCUT2D eigenvalue weighted by molar-refractivity contribution is -0.154. The maximum atomic E-state index is 12.7. The Bertz CT molecular complexity index is 2330. The quantitative estimate of drug-likeness (QED) is 0.0134. The van der Waals surface area contributed by atoms with Crippen molar-refractivity contribution in [1.82, 2.24) is 30.0 Å². The van der Waals surface area contributed by atoms with Gasteiger partial charge in [0.05, 0.1) is 32.3 Å². The standard InChI is InChI=1S/C24H34N4O4.C23H35N3O8P3S.12CH4/c1-5-16-31-21-12-10-19(11-13-21)14-15-25-22(29)18-28-17-20(26-27-28)8-6-7-9-23(30)32-24(2,3)4;1-25(24-17-21-9-11-22(29-2)12-10-21)35(38)34-23-13-7-20(8-14-23)15-16-26(18-36(27,30-3)31-4)19-37(28,32-5)33-6;;;;;;;;;;;;/h5,10-13,16-17H,6-9,14-15,18H2,1-4H3,(H,25,29);7-14,17H,15-16,18-19H2,1-6H3;12*1H4/q;+1;;;;;;;;;;;;/b;24-17+;;;;;;;;;;;;. The molecule has 0 spiro atoms. The van der Waals surface area contributed by atoms with E-state index >= 15 is 0 Å². The van der Waals surface area contributed by atoms with E-state index in [1.807, 2.05) is 107 Å². The van der Waals surface area contributed by atoms with Crippen LogP contribution in [0.15, 0.2) is 96.4 Å². The van der Waals surface area contributed by atoms with E-state index in [0.29, 0.717) is 38.1 Å². The van der Waals surface area contributed by atoms with Crippen molar-refractivity contribution in [2.75, 3.05) is 68.3 Å². The van der Waals surface area contributed by atoms with Crippen LogP contribution in [0.2, 0.25) is 0 Å². The third-order valence-electron chi connectivity index (χ3n) is 9.78. The van der Waals surface area contributed by atoms with Crippen LogP contribution < -0.4 is 19.3 Å². The topological polar surface area (TPSA) is 204 Å². The van der Waals surface area contributed by atoms with Gasteiger partial charge in [0.25, 0.3) is 0 Å². The van der Waals surface area contributed by atoms with Gasteiger partial charge in [-0.3, -0.25) is 28.1 Å². The van der Waals surface area contributed by atoms with Gasteiger partial charge in [-0.05, 0) is 125 Å². The van der Waals surface area contributed by atoms with Crippen LogP contribution in [-0.4, -0.2) is 117 Å². The van der Waals surface area contributed by atoms with E-state index in [1.54, 1.807) is 42.5 Å².